The molecule has 12 heavy (non-hydrogen) atoms. The molecule has 2 unspecified atom stereocenters. The van der Waals surface area contributed by atoms with Crippen LogP contribution in [-0.2, 0) is 14.3 Å². The monoisotopic (exact) mass is 168 g/mol. The minimum absolute atomic E-state index is 0.105. The van der Waals surface area contributed by atoms with Gasteiger partial charge in [0.1, 0.15) is 11.9 Å². The van der Waals surface area contributed by atoms with Gasteiger partial charge in [0.05, 0.1) is 0 Å². The molecule has 2 aliphatic rings. The van der Waals surface area contributed by atoms with Gasteiger partial charge in [0.2, 0.25) is 0 Å². The second-order valence-electron chi connectivity index (χ2n) is 3.70. The van der Waals surface area contributed by atoms with E-state index in [-0.39, 0.29) is 17.9 Å². The van der Waals surface area contributed by atoms with E-state index in [2.05, 4.69) is 0 Å². The van der Waals surface area contributed by atoms with E-state index in [1.54, 1.807) is 0 Å². The number of fused-ring (bicyclic) bond motifs is 2. The highest BCUT2D eigenvalue weighted by atomic mass is 16.5. The number of ether oxygens (including phenoxy) is 1. The smallest absolute Gasteiger partial charge is 0.306 e. The zero-order chi connectivity index (χ0) is 8.55. The summed E-state index contributed by atoms with van der Waals surface area (Å²) in [5.74, 6) is 0.533. The molecule has 2 rings (SSSR count). The van der Waals surface area contributed by atoms with E-state index in [0.717, 1.165) is 12.8 Å². The van der Waals surface area contributed by atoms with Crippen LogP contribution in [0.15, 0.2) is 0 Å². The van der Waals surface area contributed by atoms with Crippen molar-refractivity contribution in [3.8, 4) is 0 Å². The van der Waals surface area contributed by atoms with Gasteiger partial charge in [0.15, 0.2) is 0 Å². The van der Waals surface area contributed by atoms with Gasteiger partial charge in [0.25, 0.3) is 0 Å². The number of carbonyl (C=O) groups excluding carboxylic acids is 2. The van der Waals surface area contributed by atoms with E-state index < -0.39 is 0 Å². The largest absolute Gasteiger partial charge is 0.462 e. The van der Waals surface area contributed by atoms with Crippen molar-refractivity contribution in [1.82, 2.24) is 0 Å². The Labute approximate surface area is 71.1 Å². The SMILES string of the molecule is O=C1CC2CCC(=O)OC(C1)C2. The Morgan fingerprint density at radius 2 is 2.08 bits per heavy atom. The Hall–Kier alpha value is -0.860. The summed E-state index contributed by atoms with van der Waals surface area (Å²) >= 11 is 0. The number of ketones is 1. The quantitative estimate of drug-likeness (QED) is 0.508. The van der Waals surface area contributed by atoms with Crippen LogP contribution >= 0.6 is 0 Å². The Balaban J connectivity index is 2.10. The molecular weight excluding hydrogens is 156 g/mol. The van der Waals surface area contributed by atoms with Crippen molar-refractivity contribution in [1.29, 1.82) is 0 Å². The molecule has 1 saturated carbocycles. The summed E-state index contributed by atoms with van der Waals surface area (Å²) in [6, 6.07) is 0. The fourth-order valence-electron chi connectivity index (χ4n) is 2.07. The van der Waals surface area contributed by atoms with Crippen molar-refractivity contribution in [3.63, 3.8) is 0 Å². The third-order valence-electron chi connectivity index (χ3n) is 2.62. The summed E-state index contributed by atoms with van der Waals surface area (Å²) < 4.78 is 5.09. The molecule has 0 aromatic heterocycles. The number of carbonyl (C=O) groups is 2. The van der Waals surface area contributed by atoms with Crippen LogP contribution in [0.5, 0.6) is 0 Å². The average molecular weight is 168 g/mol. The van der Waals surface area contributed by atoms with E-state index in [0.29, 0.717) is 25.2 Å². The lowest BCUT2D eigenvalue weighted by Crippen LogP contribution is -2.27. The fourth-order valence-corrected chi connectivity index (χ4v) is 2.07. The molecule has 3 heteroatoms. The molecule has 66 valence electrons. The van der Waals surface area contributed by atoms with Gasteiger partial charge in [-0.25, -0.2) is 0 Å². The van der Waals surface area contributed by atoms with Gasteiger partial charge in [-0.05, 0) is 18.8 Å². The maximum atomic E-state index is 11.1. The normalized spacial score (nSPS) is 35.7. The molecule has 0 spiro atoms. The van der Waals surface area contributed by atoms with Crippen molar-refractivity contribution in [2.75, 3.05) is 0 Å². The molecule has 3 nitrogen and oxygen atoms in total. The first-order valence-electron chi connectivity index (χ1n) is 4.45. The van der Waals surface area contributed by atoms with Crippen molar-refractivity contribution >= 4 is 11.8 Å². The number of Topliss-reactive ketones (excluding diaryl/α,β-unsaturated/α-hetero) is 1. The van der Waals surface area contributed by atoms with Crippen LogP contribution in [0.2, 0.25) is 0 Å². The summed E-state index contributed by atoms with van der Waals surface area (Å²) in [7, 11) is 0. The summed E-state index contributed by atoms with van der Waals surface area (Å²) in [6.45, 7) is 0. The lowest BCUT2D eigenvalue weighted by Gasteiger charge is -2.23. The van der Waals surface area contributed by atoms with Gasteiger partial charge < -0.3 is 4.74 Å². The predicted molar refractivity (Wildman–Crippen MR) is 41.5 cm³/mol. The predicted octanol–water partition coefficient (Wildman–Crippen LogP) is 1.06. The van der Waals surface area contributed by atoms with Gasteiger partial charge in [0, 0.05) is 19.3 Å². The molecule has 0 aromatic rings. The summed E-state index contributed by atoms with van der Waals surface area (Å²) in [6.07, 6.45) is 3.23. The van der Waals surface area contributed by atoms with Crippen molar-refractivity contribution in [2.45, 2.75) is 38.2 Å². The standard InChI is InChI=1S/C9H12O3/c10-7-3-6-1-2-9(11)12-8(4-6)5-7/h6,8H,1-5H2. The van der Waals surface area contributed by atoms with E-state index in [1.807, 2.05) is 0 Å². The molecule has 0 N–H and O–H groups in total. The first kappa shape index (κ1) is 7.77. The lowest BCUT2D eigenvalue weighted by atomic mass is 9.84. The third-order valence-corrected chi connectivity index (χ3v) is 2.62. The van der Waals surface area contributed by atoms with E-state index in [9.17, 15) is 9.59 Å². The number of rotatable bonds is 0. The molecule has 1 aliphatic heterocycles. The third kappa shape index (κ3) is 1.49. The van der Waals surface area contributed by atoms with Crippen LogP contribution in [-0.4, -0.2) is 17.9 Å². The van der Waals surface area contributed by atoms with Gasteiger partial charge in [-0.2, -0.15) is 0 Å². The van der Waals surface area contributed by atoms with Crippen LogP contribution in [0.1, 0.15) is 32.1 Å². The van der Waals surface area contributed by atoms with Gasteiger partial charge in [-0.1, -0.05) is 0 Å². The molecule has 0 aromatic carbocycles. The Morgan fingerprint density at radius 1 is 1.25 bits per heavy atom. The number of hydrogen-bond acceptors (Lipinski definition) is 3. The highest BCUT2D eigenvalue weighted by Crippen LogP contribution is 2.30. The maximum Gasteiger partial charge on any atom is 0.306 e. The number of hydrogen-bond donors (Lipinski definition) is 0. The molecule has 1 heterocycles. The van der Waals surface area contributed by atoms with Crippen LogP contribution in [0.4, 0.5) is 0 Å². The molecule has 0 amide bonds. The minimum Gasteiger partial charge on any atom is -0.462 e. The molecule has 1 saturated heterocycles. The second kappa shape index (κ2) is 2.88. The number of esters is 1. The topological polar surface area (TPSA) is 43.4 Å². The lowest BCUT2D eigenvalue weighted by molar-refractivity contribution is -0.149. The molecule has 2 atom stereocenters. The van der Waals surface area contributed by atoms with E-state index in [4.69, 9.17) is 4.74 Å². The van der Waals surface area contributed by atoms with E-state index in [1.165, 1.54) is 0 Å². The summed E-state index contributed by atoms with van der Waals surface area (Å²) in [5, 5.41) is 0. The summed E-state index contributed by atoms with van der Waals surface area (Å²) in [4.78, 5) is 22.1. The zero-order valence-electron chi connectivity index (χ0n) is 6.91. The molecule has 2 fully saturated rings. The Kier molecular flexibility index (Phi) is 1.87. The first-order valence-corrected chi connectivity index (χ1v) is 4.45. The van der Waals surface area contributed by atoms with Crippen molar-refractivity contribution in [2.24, 2.45) is 5.92 Å². The van der Waals surface area contributed by atoms with Crippen molar-refractivity contribution < 1.29 is 14.3 Å². The molecule has 1 aliphatic carbocycles. The molecular formula is C9H12O3. The minimum atomic E-state index is -0.128. The first-order chi connectivity index (χ1) is 5.74. The Bertz CT molecular complexity index is 220. The van der Waals surface area contributed by atoms with E-state index >= 15 is 0 Å². The highest BCUT2D eigenvalue weighted by molar-refractivity contribution is 5.81. The summed E-state index contributed by atoms with van der Waals surface area (Å²) in [5.41, 5.74) is 0. The van der Waals surface area contributed by atoms with Crippen LogP contribution in [0.25, 0.3) is 0 Å². The second-order valence-corrected chi connectivity index (χ2v) is 3.70. The average Bonchev–Trinajstić information content (AvgIpc) is 2.10. The molecule has 0 radical (unpaired) electrons. The Morgan fingerprint density at radius 3 is 2.92 bits per heavy atom. The highest BCUT2D eigenvalue weighted by Gasteiger charge is 2.32. The van der Waals surface area contributed by atoms with Gasteiger partial charge in [-0.15, -0.1) is 0 Å². The zero-order valence-corrected chi connectivity index (χ0v) is 6.91. The van der Waals surface area contributed by atoms with Crippen LogP contribution in [0.3, 0.4) is 0 Å². The van der Waals surface area contributed by atoms with Gasteiger partial charge in [-0.3, -0.25) is 9.59 Å². The van der Waals surface area contributed by atoms with Crippen molar-refractivity contribution in [3.05, 3.63) is 0 Å². The molecule has 2 bridgehead atoms. The fraction of sp³-hybridized carbons (Fsp3) is 0.778. The van der Waals surface area contributed by atoms with Crippen LogP contribution < -0.4 is 0 Å². The van der Waals surface area contributed by atoms with Crippen LogP contribution in [0, 0.1) is 5.92 Å². The maximum absolute atomic E-state index is 11.1. The van der Waals surface area contributed by atoms with Gasteiger partial charge >= 0.3 is 5.97 Å².